The van der Waals surface area contributed by atoms with Gasteiger partial charge in [-0.05, 0) is 25.0 Å². The number of carbonyl (C=O) groups is 1. The third-order valence-electron chi connectivity index (χ3n) is 4.60. The number of nitrogens with one attached hydrogen (secondary N) is 2. The molecule has 3 rings (SSSR count). The summed E-state index contributed by atoms with van der Waals surface area (Å²) in [4.78, 5) is 21.2. The highest BCUT2D eigenvalue weighted by molar-refractivity contribution is 8.00. The number of hydrogen-bond donors (Lipinski definition) is 3. The van der Waals surface area contributed by atoms with E-state index in [0.717, 1.165) is 21.1 Å². The van der Waals surface area contributed by atoms with Crippen LogP contribution in [0.4, 0.5) is 5.13 Å². The van der Waals surface area contributed by atoms with Crippen LogP contribution < -0.4 is 10.6 Å². The second-order valence-electron chi connectivity index (χ2n) is 9.60. The van der Waals surface area contributed by atoms with Gasteiger partial charge in [0, 0.05) is 18.5 Å². The molecule has 3 aromatic rings. The molecule has 0 saturated carbocycles. The minimum Gasteiger partial charge on any atom is -0.444 e. The molecule has 0 saturated heterocycles. The minimum atomic E-state index is -0.758. The van der Waals surface area contributed by atoms with Crippen LogP contribution in [0.15, 0.2) is 45.3 Å². The number of aliphatic hydroxyl groups is 1. The SMILES string of the molecule is CC(C)(O)CNCc1cccc(CC(=O)Nc2ncc(SCc3ncc(C(C)(C)C)o3)s2)c1. The zero-order valence-corrected chi connectivity index (χ0v) is 21.4. The van der Waals surface area contributed by atoms with Crippen LogP contribution >= 0.6 is 23.1 Å². The average Bonchev–Trinajstić information content (AvgIpc) is 3.35. The van der Waals surface area contributed by atoms with Crippen molar-refractivity contribution in [1.82, 2.24) is 15.3 Å². The lowest BCUT2D eigenvalue weighted by Crippen LogP contribution is -2.34. The summed E-state index contributed by atoms with van der Waals surface area (Å²) in [6, 6.07) is 7.88. The van der Waals surface area contributed by atoms with Gasteiger partial charge in [0.1, 0.15) is 5.76 Å². The molecule has 0 aliphatic carbocycles. The summed E-state index contributed by atoms with van der Waals surface area (Å²) in [5.74, 6) is 2.05. The van der Waals surface area contributed by atoms with Crippen LogP contribution in [0, 0.1) is 0 Å². The standard InChI is InChI=1S/C24H32N4O3S2/c1-23(2,3)18-12-26-20(31-18)14-32-21-13-27-22(33-21)28-19(29)10-16-7-6-8-17(9-16)11-25-15-24(4,5)30/h6-9,12-13,25,30H,10-11,14-15H2,1-5H3,(H,27,28,29). The summed E-state index contributed by atoms with van der Waals surface area (Å²) in [7, 11) is 0. The van der Waals surface area contributed by atoms with E-state index in [9.17, 15) is 9.90 Å². The number of thiazole rings is 1. The van der Waals surface area contributed by atoms with Gasteiger partial charge >= 0.3 is 0 Å². The summed E-state index contributed by atoms with van der Waals surface area (Å²) in [5.41, 5.74) is 1.18. The number of amides is 1. The van der Waals surface area contributed by atoms with Crippen LogP contribution in [0.2, 0.25) is 0 Å². The number of aromatic nitrogens is 2. The maximum absolute atomic E-state index is 12.5. The van der Waals surface area contributed by atoms with Gasteiger partial charge in [0.2, 0.25) is 11.8 Å². The zero-order chi connectivity index (χ0) is 24.1. The Labute approximate surface area is 203 Å². The topological polar surface area (TPSA) is 100 Å². The molecule has 0 aliphatic heterocycles. The van der Waals surface area contributed by atoms with Crippen molar-refractivity contribution in [1.29, 1.82) is 0 Å². The summed E-state index contributed by atoms with van der Waals surface area (Å²) < 4.78 is 6.81. The van der Waals surface area contributed by atoms with Crippen molar-refractivity contribution < 1.29 is 14.3 Å². The van der Waals surface area contributed by atoms with Crippen molar-refractivity contribution in [3.05, 3.63) is 59.4 Å². The van der Waals surface area contributed by atoms with Crippen molar-refractivity contribution in [2.24, 2.45) is 0 Å². The molecule has 9 heteroatoms. The normalized spacial score (nSPS) is 12.2. The molecular formula is C24H32N4O3S2. The Balaban J connectivity index is 1.47. The van der Waals surface area contributed by atoms with E-state index in [1.165, 1.54) is 11.3 Å². The molecule has 2 heterocycles. The van der Waals surface area contributed by atoms with E-state index in [1.54, 1.807) is 38.0 Å². The Morgan fingerprint density at radius 3 is 2.61 bits per heavy atom. The number of anilines is 1. The fourth-order valence-electron chi connectivity index (χ4n) is 2.95. The number of oxazole rings is 1. The second-order valence-corrected chi connectivity index (χ2v) is 11.9. The Morgan fingerprint density at radius 1 is 1.15 bits per heavy atom. The molecule has 0 aliphatic rings. The number of rotatable bonds is 10. The highest BCUT2D eigenvalue weighted by atomic mass is 32.2. The van der Waals surface area contributed by atoms with Gasteiger partial charge < -0.3 is 20.2 Å². The smallest absolute Gasteiger partial charge is 0.230 e. The van der Waals surface area contributed by atoms with Gasteiger partial charge in [0.05, 0.1) is 34.4 Å². The summed E-state index contributed by atoms with van der Waals surface area (Å²) in [6.45, 7) is 10.9. The van der Waals surface area contributed by atoms with Crippen molar-refractivity contribution in [3.63, 3.8) is 0 Å². The molecule has 7 nitrogen and oxygen atoms in total. The Bertz CT molecular complexity index is 1060. The molecule has 0 radical (unpaired) electrons. The molecule has 1 amide bonds. The van der Waals surface area contributed by atoms with Gasteiger partial charge in [-0.25, -0.2) is 9.97 Å². The fourth-order valence-corrected chi connectivity index (χ4v) is 4.69. The molecule has 178 valence electrons. The molecule has 3 N–H and O–H groups in total. The van der Waals surface area contributed by atoms with Gasteiger partial charge in [-0.3, -0.25) is 4.79 Å². The molecular weight excluding hydrogens is 456 g/mol. The lowest BCUT2D eigenvalue weighted by Gasteiger charge is -2.17. The highest BCUT2D eigenvalue weighted by Gasteiger charge is 2.19. The molecule has 33 heavy (non-hydrogen) atoms. The molecule has 0 fully saturated rings. The lowest BCUT2D eigenvalue weighted by atomic mass is 9.94. The number of benzene rings is 1. The maximum atomic E-state index is 12.5. The van der Waals surface area contributed by atoms with Gasteiger partial charge in [0.25, 0.3) is 0 Å². The largest absolute Gasteiger partial charge is 0.444 e. The van der Waals surface area contributed by atoms with Gasteiger partial charge in [0.15, 0.2) is 5.13 Å². The van der Waals surface area contributed by atoms with Crippen LogP contribution in [0.5, 0.6) is 0 Å². The molecule has 2 aromatic heterocycles. The lowest BCUT2D eigenvalue weighted by molar-refractivity contribution is -0.115. The quantitative estimate of drug-likeness (QED) is 0.354. The summed E-state index contributed by atoms with van der Waals surface area (Å²) in [5, 5.41) is 16.5. The maximum Gasteiger partial charge on any atom is 0.230 e. The van der Waals surface area contributed by atoms with Gasteiger partial charge in [-0.2, -0.15) is 0 Å². The third kappa shape index (κ3) is 8.58. The summed E-state index contributed by atoms with van der Waals surface area (Å²) >= 11 is 3.02. The summed E-state index contributed by atoms with van der Waals surface area (Å²) in [6.07, 6.45) is 3.81. The van der Waals surface area contributed by atoms with E-state index in [1.807, 2.05) is 24.3 Å². The molecule has 0 atom stereocenters. The second kappa shape index (κ2) is 10.8. The molecule has 1 aromatic carbocycles. The first kappa shape index (κ1) is 25.4. The van der Waals surface area contributed by atoms with Crippen LogP contribution in [0.25, 0.3) is 0 Å². The molecule has 0 unspecified atom stereocenters. The van der Waals surface area contributed by atoms with Crippen LogP contribution in [-0.2, 0) is 28.9 Å². The van der Waals surface area contributed by atoms with Crippen molar-refractivity contribution >= 4 is 34.1 Å². The van der Waals surface area contributed by atoms with E-state index < -0.39 is 5.60 Å². The fraction of sp³-hybridized carbons (Fsp3) is 0.458. The van der Waals surface area contributed by atoms with Crippen LogP contribution in [-0.4, -0.2) is 33.1 Å². The first-order valence-corrected chi connectivity index (χ1v) is 12.6. The Morgan fingerprint density at radius 2 is 1.91 bits per heavy atom. The Hall–Kier alpha value is -2.20. The monoisotopic (exact) mass is 488 g/mol. The predicted octanol–water partition coefficient (Wildman–Crippen LogP) is 4.76. The predicted molar refractivity (Wildman–Crippen MR) is 134 cm³/mol. The van der Waals surface area contributed by atoms with E-state index in [-0.39, 0.29) is 17.7 Å². The molecule has 0 spiro atoms. The van der Waals surface area contributed by atoms with Crippen LogP contribution in [0.3, 0.4) is 0 Å². The van der Waals surface area contributed by atoms with Gasteiger partial charge in [-0.15, -0.1) is 11.8 Å². The van der Waals surface area contributed by atoms with Crippen molar-refractivity contribution in [2.75, 3.05) is 11.9 Å². The number of hydrogen-bond acceptors (Lipinski definition) is 8. The van der Waals surface area contributed by atoms with Crippen molar-refractivity contribution in [2.45, 2.75) is 68.6 Å². The van der Waals surface area contributed by atoms with E-state index in [4.69, 9.17) is 4.42 Å². The highest BCUT2D eigenvalue weighted by Crippen LogP contribution is 2.31. The van der Waals surface area contributed by atoms with Crippen molar-refractivity contribution in [3.8, 4) is 0 Å². The Kier molecular flexibility index (Phi) is 8.33. The van der Waals surface area contributed by atoms with E-state index in [2.05, 4.69) is 41.4 Å². The minimum absolute atomic E-state index is 0.0652. The van der Waals surface area contributed by atoms with E-state index in [0.29, 0.717) is 29.9 Å². The first-order valence-electron chi connectivity index (χ1n) is 10.8. The number of thioether (sulfide) groups is 1. The van der Waals surface area contributed by atoms with E-state index >= 15 is 0 Å². The third-order valence-corrected chi connectivity index (χ3v) is 6.70. The van der Waals surface area contributed by atoms with Gasteiger partial charge in [-0.1, -0.05) is 56.4 Å². The number of nitrogens with zero attached hydrogens (tertiary/aromatic N) is 2. The first-order chi connectivity index (χ1) is 15.5. The number of carbonyl (C=O) groups excluding carboxylic acids is 1. The molecule has 0 bridgehead atoms. The van der Waals surface area contributed by atoms with Crippen LogP contribution in [0.1, 0.15) is 57.4 Å². The average molecular weight is 489 g/mol. The zero-order valence-electron chi connectivity index (χ0n) is 19.8.